The van der Waals surface area contributed by atoms with Crippen molar-refractivity contribution in [3.8, 4) is 22.8 Å². The van der Waals surface area contributed by atoms with Crippen LogP contribution in [0.2, 0.25) is 0 Å². The molecule has 1 aromatic heterocycles. The van der Waals surface area contributed by atoms with Crippen LogP contribution in [0.25, 0.3) is 11.1 Å². The number of nitrogens with zero attached hydrogens (tertiary/aromatic N) is 1. The molecule has 0 aliphatic heterocycles. The lowest BCUT2D eigenvalue weighted by molar-refractivity contribution is 0.398. The van der Waals surface area contributed by atoms with Crippen LogP contribution in [0.1, 0.15) is 0 Å². The first-order valence-corrected chi connectivity index (χ1v) is 4.78. The lowest BCUT2D eigenvalue weighted by Gasteiger charge is -2.04. The van der Waals surface area contributed by atoms with Gasteiger partial charge in [0.25, 0.3) is 0 Å². The van der Waals surface area contributed by atoms with E-state index in [2.05, 4.69) is 10.2 Å². The van der Waals surface area contributed by atoms with Gasteiger partial charge < -0.3 is 15.2 Å². The van der Waals surface area contributed by atoms with Crippen molar-refractivity contribution in [1.82, 2.24) is 10.2 Å². The maximum atomic E-state index is 5.79. The fraction of sp³-hybridized carbons (Fsp3) is 0.182. The van der Waals surface area contributed by atoms with Gasteiger partial charge in [-0.05, 0) is 17.7 Å². The van der Waals surface area contributed by atoms with Crippen molar-refractivity contribution in [2.24, 2.45) is 0 Å². The summed E-state index contributed by atoms with van der Waals surface area (Å²) in [4.78, 5) is 0. The summed E-state index contributed by atoms with van der Waals surface area (Å²) in [6, 6.07) is 7.54. The molecule has 1 aromatic carbocycles. The number of ether oxygens (including phenoxy) is 2. The highest BCUT2D eigenvalue weighted by Gasteiger charge is 2.13. The van der Waals surface area contributed by atoms with Crippen molar-refractivity contribution in [3.05, 3.63) is 24.3 Å². The van der Waals surface area contributed by atoms with Crippen LogP contribution in [0.3, 0.4) is 0 Å². The van der Waals surface area contributed by atoms with Gasteiger partial charge in [-0.15, -0.1) is 5.10 Å². The molecule has 5 heteroatoms. The zero-order chi connectivity index (χ0) is 11.5. The van der Waals surface area contributed by atoms with Gasteiger partial charge in [0.1, 0.15) is 11.6 Å². The number of benzene rings is 1. The molecule has 0 atom stereocenters. The van der Waals surface area contributed by atoms with E-state index >= 15 is 0 Å². The first-order chi connectivity index (χ1) is 7.76. The maximum absolute atomic E-state index is 5.79. The number of aromatic nitrogens is 2. The molecule has 1 heterocycles. The number of nitrogens with one attached hydrogen (secondary N) is 1. The number of hydrogen-bond donors (Lipinski definition) is 2. The van der Waals surface area contributed by atoms with Gasteiger partial charge in [-0.1, -0.05) is 12.1 Å². The highest BCUT2D eigenvalue weighted by atomic mass is 16.5. The Hall–Kier alpha value is -2.17. The Morgan fingerprint density at radius 1 is 1.12 bits per heavy atom. The van der Waals surface area contributed by atoms with Crippen LogP contribution in [-0.4, -0.2) is 24.4 Å². The predicted octanol–water partition coefficient (Wildman–Crippen LogP) is 1.68. The Balaban J connectivity index is 2.45. The topological polar surface area (TPSA) is 73.2 Å². The average molecular weight is 219 g/mol. The van der Waals surface area contributed by atoms with E-state index in [1.807, 2.05) is 24.3 Å². The van der Waals surface area contributed by atoms with E-state index in [0.717, 1.165) is 16.9 Å². The van der Waals surface area contributed by atoms with Crippen LogP contribution >= 0.6 is 0 Å². The van der Waals surface area contributed by atoms with Crippen molar-refractivity contribution in [2.45, 2.75) is 0 Å². The van der Waals surface area contributed by atoms with E-state index < -0.39 is 0 Å². The van der Waals surface area contributed by atoms with Crippen LogP contribution < -0.4 is 15.2 Å². The van der Waals surface area contributed by atoms with Crippen molar-refractivity contribution in [1.29, 1.82) is 0 Å². The van der Waals surface area contributed by atoms with Crippen molar-refractivity contribution in [3.63, 3.8) is 0 Å². The number of rotatable bonds is 3. The smallest absolute Gasteiger partial charge is 0.242 e. The molecule has 0 radical (unpaired) electrons. The zero-order valence-corrected chi connectivity index (χ0v) is 9.15. The van der Waals surface area contributed by atoms with Crippen LogP contribution in [-0.2, 0) is 0 Å². The number of anilines is 1. The minimum absolute atomic E-state index is 0.488. The fourth-order valence-corrected chi connectivity index (χ4v) is 1.52. The molecule has 0 fully saturated rings. The van der Waals surface area contributed by atoms with Gasteiger partial charge in [0.2, 0.25) is 5.88 Å². The van der Waals surface area contributed by atoms with Crippen molar-refractivity contribution >= 4 is 5.82 Å². The molecule has 0 bridgehead atoms. The Morgan fingerprint density at radius 3 is 2.38 bits per heavy atom. The van der Waals surface area contributed by atoms with Gasteiger partial charge >= 0.3 is 0 Å². The molecule has 5 nitrogen and oxygen atoms in total. The number of nitrogens with two attached hydrogens (primary N) is 1. The Bertz CT molecular complexity index is 476. The highest BCUT2D eigenvalue weighted by Crippen LogP contribution is 2.33. The monoisotopic (exact) mass is 219 g/mol. The van der Waals surface area contributed by atoms with E-state index in [4.69, 9.17) is 15.2 Å². The lowest BCUT2D eigenvalue weighted by Crippen LogP contribution is -1.90. The fourth-order valence-electron chi connectivity index (χ4n) is 1.52. The van der Waals surface area contributed by atoms with E-state index in [1.165, 1.54) is 0 Å². The second-order valence-electron chi connectivity index (χ2n) is 3.25. The zero-order valence-electron chi connectivity index (χ0n) is 9.15. The van der Waals surface area contributed by atoms with Gasteiger partial charge in [0.15, 0.2) is 0 Å². The number of aromatic amines is 1. The third kappa shape index (κ3) is 1.67. The summed E-state index contributed by atoms with van der Waals surface area (Å²) >= 11 is 0. The normalized spacial score (nSPS) is 10.1. The molecule has 2 aromatic rings. The van der Waals surface area contributed by atoms with Gasteiger partial charge in [0.05, 0.1) is 19.8 Å². The molecule has 2 rings (SSSR count). The summed E-state index contributed by atoms with van der Waals surface area (Å²) in [6.45, 7) is 0. The summed E-state index contributed by atoms with van der Waals surface area (Å²) in [5.41, 5.74) is 7.49. The Kier molecular flexibility index (Phi) is 2.68. The third-order valence-electron chi connectivity index (χ3n) is 2.33. The van der Waals surface area contributed by atoms with Gasteiger partial charge in [-0.3, -0.25) is 5.10 Å². The number of H-pyrrole nitrogens is 1. The van der Waals surface area contributed by atoms with Crippen LogP contribution in [0, 0.1) is 0 Å². The highest BCUT2D eigenvalue weighted by molar-refractivity contribution is 5.78. The summed E-state index contributed by atoms with van der Waals surface area (Å²) in [6.07, 6.45) is 0. The minimum Gasteiger partial charge on any atom is -0.497 e. The van der Waals surface area contributed by atoms with Gasteiger partial charge in [-0.25, -0.2) is 0 Å². The third-order valence-corrected chi connectivity index (χ3v) is 2.33. The molecule has 3 N–H and O–H groups in total. The Labute approximate surface area is 93.2 Å². The molecule has 84 valence electrons. The molecule has 0 amide bonds. The van der Waals surface area contributed by atoms with Crippen LogP contribution in [0.4, 0.5) is 5.82 Å². The van der Waals surface area contributed by atoms with Crippen molar-refractivity contribution in [2.75, 3.05) is 20.0 Å². The number of hydrogen-bond acceptors (Lipinski definition) is 4. The SMILES string of the molecule is COc1ccc(-c2c(OC)n[nH]c2N)cc1. The number of nitrogen functional groups attached to an aromatic ring is 1. The molecular weight excluding hydrogens is 206 g/mol. The Morgan fingerprint density at radius 2 is 1.81 bits per heavy atom. The second kappa shape index (κ2) is 4.14. The van der Waals surface area contributed by atoms with E-state index in [9.17, 15) is 0 Å². The molecule has 0 aliphatic rings. The predicted molar refractivity (Wildman–Crippen MR) is 61.5 cm³/mol. The summed E-state index contributed by atoms with van der Waals surface area (Å²) in [7, 11) is 3.18. The lowest BCUT2D eigenvalue weighted by atomic mass is 10.1. The van der Waals surface area contributed by atoms with Crippen LogP contribution in [0.5, 0.6) is 11.6 Å². The molecular formula is C11H13N3O2. The molecule has 0 spiro atoms. The van der Waals surface area contributed by atoms with Crippen molar-refractivity contribution < 1.29 is 9.47 Å². The molecule has 0 saturated heterocycles. The van der Waals surface area contributed by atoms with Crippen LogP contribution in [0.15, 0.2) is 24.3 Å². The van der Waals surface area contributed by atoms with Gasteiger partial charge in [-0.2, -0.15) is 0 Å². The summed E-state index contributed by atoms with van der Waals surface area (Å²) in [5, 5.41) is 6.64. The maximum Gasteiger partial charge on any atom is 0.242 e. The molecule has 16 heavy (non-hydrogen) atoms. The quantitative estimate of drug-likeness (QED) is 0.823. The minimum atomic E-state index is 0.488. The van der Waals surface area contributed by atoms with E-state index in [0.29, 0.717) is 11.7 Å². The second-order valence-corrected chi connectivity index (χ2v) is 3.25. The summed E-state index contributed by atoms with van der Waals surface area (Å²) in [5.74, 6) is 1.77. The van der Waals surface area contributed by atoms with E-state index in [-0.39, 0.29) is 0 Å². The molecule has 0 aliphatic carbocycles. The molecule has 0 saturated carbocycles. The standard InChI is InChI=1S/C11H13N3O2/c1-15-8-5-3-7(4-6-8)9-10(12)13-14-11(9)16-2/h3-6H,1-2H3,(H3,12,13,14). The van der Waals surface area contributed by atoms with Gasteiger partial charge in [0, 0.05) is 0 Å². The summed E-state index contributed by atoms with van der Waals surface area (Å²) < 4.78 is 10.2. The first kappa shape index (κ1) is 10.4. The van der Waals surface area contributed by atoms with E-state index in [1.54, 1.807) is 14.2 Å². The largest absolute Gasteiger partial charge is 0.497 e. The molecule has 0 unspecified atom stereocenters. The number of methoxy groups -OCH3 is 2. The average Bonchev–Trinajstić information content (AvgIpc) is 2.70. The first-order valence-electron chi connectivity index (χ1n) is 4.78.